The van der Waals surface area contributed by atoms with Gasteiger partial charge in [-0.15, -0.1) is 0 Å². The first-order chi connectivity index (χ1) is 16.4. The molecule has 0 heterocycles. The molecule has 168 valence electrons. The van der Waals surface area contributed by atoms with Crippen LogP contribution in [-0.4, -0.2) is 14.2 Å². The van der Waals surface area contributed by atoms with Gasteiger partial charge in [-0.25, -0.2) is 0 Å². The second kappa shape index (κ2) is 7.36. The molecular formula is C32H28O2. The number of methoxy groups -OCH3 is 2. The third-order valence-electron chi connectivity index (χ3n) is 7.15. The van der Waals surface area contributed by atoms with Crippen LogP contribution in [0.3, 0.4) is 0 Å². The summed E-state index contributed by atoms with van der Waals surface area (Å²) in [5.41, 5.74) is 3.75. The van der Waals surface area contributed by atoms with Crippen molar-refractivity contribution < 1.29 is 9.47 Å². The summed E-state index contributed by atoms with van der Waals surface area (Å²) in [7, 11) is 3.46. The van der Waals surface area contributed by atoms with Crippen LogP contribution >= 0.6 is 0 Å². The molecule has 34 heavy (non-hydrogen) atoms. The standard InChI is InChI=1S/C32H28O2/c1-32(2,3)22-17-20-10-9-19-11-13-23(25-14-12-21(18-22)29(20)30(19)25)27-16-15-24-26(31(27)34-5)7-6-8-28(24)33-4/h6-18H,1-5H3. The zero-order valence-corrected chi connectivity index (χ0v) is 20.3. The van der Waals surface area contributed by atoms with E-state index in [0.29, 0.717) is 0 Å². The third-order valence-corrected chi connectivity index (χ3v) is 7.15. The highest BCUT2D eigenvalue weighted by atomic mass is 16.5. The number of benzene rings is 6. The van der Waals surface area contributed by atoms with Crippen LogP contribution in [0.1, 0.15) is 26.3 Å². The minimum absolute atomic E-state index is 0.106. The SMILES string of the molecule is COc1cccc2c(OC)c(-c3ccc4ccc5cc(C(C)(C)C)cc6ccc3c4c56)ccc12. The van der Waals surface area contributed by atoms with Gasteiger partial charge in [0.2, 0.25) is 0 Å². The average molecular weight is 445 g/mol. The molecule has 0 atom stereocenters. The van der Waals surface area contributed by atoms with Crippen LogP contribution in [0.2, 0.25) is 0 Å². The lowest BCUT2D eigenvalue weighted by molar-refractivity contribution is 0.416. The predicted molar refractivity (Wildman–Crippen MR) is 145 cm³/mol. The maximum absolute atomic E-state index is 6.00. The summed E-state index contributed by atoms with van der Waals surface area (Å²) >= 11 is 0. The number of hydrogen-bond acceptors (Lipinski definition) is 2. The van der Waals surface area contributed by atoms with Gasteiger partial charge < -0.3 is 9.47 Å². The van der Waals surface area contributed by atoms with E-state index in [-0.39, 0.29) is 5.41 Å². The smallest absolute Gasteiger partial charge is 0.134 e. The highest BCUT2D eigenvalue weighted by Crippen LogP contribution is 2.45. The molecule has 0 amide bonds. The Morgan fingerprint density at radius 2 is 1.21 bits per heavy atom. The fourth-order valence-electron chi connectivity index (χ4n) is 5.40. The lowest BCUT2D eigenvalue weighted by Gasteiger charge is -2.22. The zero-order valence-electron chi connectivity index (χ0n) is 20.3. The molecule has 0 N–H and O–H groups in total. The highest BCUT2D eigenvalue weighted by molar-refractivity contribution is 6.26. The Bertz CT molecular complexity index is 1680. The number of fused-ring (bicyclic) bond motifs is 1. The van der Waals surface area contributed by atoms with Crippen molar-refractivity contribution in [2.75, 3.05) is 14.2 Å². The van der Waals surface area contributed by atoms with Gasteiger partial charge in [-0.1, -0.05) is 81.4 Å². The van der Waals surface area contributed by atoms with Gasteiger partial charge in [-0.3, -0.25) is 0 Å². The van der Waals surface area contributed by atoms with Gasteiger partial charge in [0.1, 0.15) is 11.5 Å². The lowest BCUT2D eigenvalue weighted by atomic mass is 9.82. The van der Waals surface area contributed by atoms with Crippen molar-refractivity contribution in [3.63, 3.8) is 0 Å². The fourth-order valence-corrected chi connectivity index (χ4v) is 5.40. The maximum Gasteiger partial charge on any atom is 0.134 e. The monoisotopic (exact) mass is 444 g/mol. The Kier molecular flexibility index (Phi) is 4.50. The van der Waals surface area contributed by atoms with Crippen LogP contribution in [0.15, 0.2) is 78.9 Å². The topological polar surface area (TPSA) is 18.5 Å². The van der Waals surface area contributed by atoms with Gasteiger partial charge in [0.05, 0.1) is 14.2 Å². The van der Waals surface area contributed by atoms with Crippen molar-refractivity contribution >= 4 is 43.1 Å². The van der Waals surface area contributed by atoms with E-state index in [9.17, 15) is 0 Å². The molecule has 6 aromatic rings. The fraction of sp³-hybridized carbons (Fsp3) is 0.188. The minimum atomic E-state index is 0.106. The second-order valence-electron chi connectivity index (χ2n) is 10.1. The highest BCUT2D eigenvalue weighted by Gasteiger charge is 2.19. The van der Waals surface area contributed by atoms with Gasteiger partial charge in [0.25, 0.3) is 0 Å². The van der Waals surface area contributed by atoms with Crippen molar-refractivity contribution in [2.45, 2.75) is 26.2 Å². The summed E-state index contributed by atoms with van der Waals surface area (Å²) < 4.78 is 11.6. The molecule has 0 saturated carbocycles. The third kappa shape index (κ3) is 2.95. The van der Waals surface area contributed by atoms with Crippen molar-refractivity contribution in [1.29, 1.82) is 0 Å². The number of hydrogen-bond donors (Lipinski definition) is 0. The van der Waals surface area contributed by atoms with E-state index in [1.54, 1.807) is 14.2 Å². The number of ether oxygens (including phenoxy) is 2. The molecule has 0 aliphatic heterocycles. The van der Waals surface area contributed by atoms with Crippen LogP contribution in [0.4, 0.5) is 0 Å². The Balaban J connectivity index is 1.69. The Labute approximate surface area is 200 Å². The molecular weight excluding hydrogens is 416 g/mol. The lowest BCUT2D eigenvalue weighted by Crippen LogP contribution is -2.10. The molecule has 6 rings (SSSR count). The van der Waals surface area contributed by atoms with Crippen LogP contribution < -0.4 is 9.47 Å². The van der Waals surface area contributed by atoms with E-state index in [0.717, 1.165) is 27.8 Å². The molecule has 0 radical (unpaired) electrons. The van der Waals surface area contributed by atoms with Crippen molar-refractivity contribution in [3.05, 3.63) is 84.4 Å². The molecule has 0 aliphatic carbocycles. The molecule has 0 aliphatic rings. The largest absolute Gasteiger partial charge is 0.496 e. The Morgan fingerprint density at radius 3 is 1.91 bits per heavy atom. The molecule has 0 spiro atoms. The number of rotatable bonds is 3. The first-order valence-corrected chi connectivity index (χ1v) is 11.8. The predicted octanol–water partition coefficient (Wildman–Crippen LogP) is 8.72. The van der Waals surface area contributed by atoms with E-state index in [1.807, 2.05) is 12.1 Å². The van der Waals surface area contributed by atoms with Crippen molar-refractivity contribution in [2.24, 2.45) is 0 Å². The van der Waals surface area contributed by atoms with E-state index in [2.05, 4.69) is 87.5 Å². The van der Waals surface area contributed by atoms with Gasteiger partial charge in [0, 0.05) is 16.3 Å². The second-order valence-corrected chi connectivity index (χ2v) is 10.1. The van der Waals surface area contributed by atoms with Crippen LogP contribution in [0.5, 0.6) is 11.5 Å². The van der Waals surface area contributed by atoms with Crippen LogP contribution in [0.25, 0.3) is 54.2 Å². The van der Waals surface area contributed by atoms with Gasteiger partial charge >= 0.3 is 0 Å². The molecule has 0 saturated heterocycles. The van der Waals surface area contributed by atoms with E-state index in [1.165, 1.54) is 43.4 Å². The summed E-state index contributed by atoms with van der Waals surface area (Å²) in [6, 6.07) is 28.7. The summed E-state index contributed by atoms with van der Waals surface area (Å²) in [4.78, 5) is 0. The summed E-state index contributed by atoms with van der Waals surface area (Å²) in [5.74, 6) is 1.73. The summed E-state index contributed by atoms with van der Waals surface area (Å²) in [6.45, 7) is 6.83. The van der Waals surface area contributed by atoms with E-state index in [4.69, 9.17) is 9.47 Å². The molecule has 2 heteroatoms. The van der Waals surface area contributed by atoms with Gasteiger partial charge in [-0.05, 0) is 67.1 Å². The van der Waals surface area contributed by atoms with E-state index >= 15 is 0 Å². The first-order valence-electron chi connectivity index (χ1n) is 11.8. The quantitative estimate of drug-likeness (QED) is 0.254. The zero-order chi connectivity index (χ0) is 23.6. The Morgan fingerprint density at radius 1 is 0.559 bits per heavy atom. The molecule has 0 unspecified atom stereocenters. The molecule has 0 aromatic heterocycles. The van der Waals surface area contributed by atoms with Gasteiger partial charge in [0.15, 0.2) is 0 Å². The molecule has 0 fully saturated rings. The van der Waals surface area contributed by atoms with Crippen molar-refractivity contribution in [1.82, 2.24) is 0 Å². The first kappa shape index (κ1) is 20.8. The normalized spacial score (nSPS) is 12.3. The van der Waals surface area contributed by atoms with Crippen molar-refractivity contribution in [3.8, 4) is 22.6 Å². The van der Waals surface area contributed by atoms with E-state index < -0.39 is 0 Å². The summed E-state index contributed by atoms with van der Waals surface area (Å²) in [6.07, 6.45) is 0. The van der Waals surface area contributed by atoms with Crippen LogP contribution in [0, 0.1) is 0 Å². The van der Waals surface area contributed by atoms with Gasteiger partial charge in [-0.2, -0.15) is 0 Å². The summed E-state index contributed by atoms with van der Waals surface area (Å²) in [5, 5.41) is 9.88. The average Bonchev–Trinajstić information content (AvgIpc) is 2.85. The molecule has 0 bridgehead atoms. The minimum Gasteiger partial charge on any atom is -0.496 e. The maximum atomic E-state index is 6.00. The van der Waals surface area contributed by atoms with Crippen LogP contribution in [-0.2, 0) is 5.41 Å². The Hall–Kier alpha value is -3.78. The molecule has 2 nitrogen and oxygen atoms in total. The molecule has 6 aromatic carbocycles.